The maximum atomic E-state index is 13.2. The lowest BCUT2D eigenvalue weighted by atomic mass is 10.0. The van der Waals surface area contributed by atoms with Crippen LogP contribution in [0.2, 0.25) is 0 Å². The summed E-state index contributed by atoms with van der Waals surface area (Å²) in [5.74, 6) is 2.10. The predicted molar refractivity (Wildman–Crippen MR) is 149 cm³/mol. The van der Waals surface area contributed by atoms with Gasteiger partial charge in [-0.2, -0.15) is 0 Å². The van der Waals surface area contributed by atoms with Crippen LogP contribution in [0.1, 0.15) is 20.3 Å². The molecule has 37 heavy (non-hydrogen) atoms. The number of amides is 1. The summed E-state index contributed by atoms with van der Waals surface area (Å²) in [4.78, 5) is 21.6. The van der Waals surface area contributed by atoms with Crippen LogP contribution in [-0.2, 0) is 4.79 Å². The maximum absolute atomic E-state index is 13.2. The Balaban J connectivity index is 1.63. The van der Waals surface area contributed by atoms with Crippen LogP contribution < -0.4 is 19.5 Å². The molecule has 1 aromatic heterocycles. The number of methoxy groups -OCH3 is 2. The zero-order chi connectivity index (χ0) is 26.2. The van der Waals surface area contributed by atoms with E-state index in [2.05, 4.69) is 10.3 Å². The number of imidazole rings is 1. The van der Waals surface area contributed by atoms with Crippen molar-refractivity contribution in [3.8, 4) is 39.8 Å². The van der Waals surface area contributed by atoms with Gasteiger partial charge in [-0.1, -0.05) is 30.8 Å². The molecule has 0 aliphatic heterocycles. The topological polar surface area (TPSA) is 85.5 Å². The average Bonchev–Trinajstić information content (AvgIpc) is 3.36. The number of para-hydroxylation sites is 2. The number of hydrogen-bond donors (Lipinski definition) is 2. The number of hydrogen-bond acceptors (Lipinski definition) is 6. The zero-order valence-electron chi connectivity index (χ0n) is 21.4. The summed E-state index contributed by atoms with van der Waals surface area (Å²) in [5.41, 5.74) is 4.23. The molecule has 0 aliphatic carbocycles. The van der Waals surface area contributed by atoms with Gasteiger partial charge in [0.15, 0.2) is 5.16 Å². The molecule has 1 atom stereocenters. The molecule has 0 spiro atoms. The Bertz CT molecular complexity index is 1250. The van der Waals surface area contributed by atoms with E-state index in [0.717, 1.165) is 34.0 Å². The van der Waals surface area contributed by atoms with E-state index in [1.807, 2.05) is 86.6 Å². The number of H-pyrrole nitrogens is 1. The molecule has 8 heteroatoms. The minimum atomic E-state index is -0.353. The van der Waals surface area contributed by atoms with E-state index in [1.165, 1.54) is 11.8 Å². The van der Waals surface area contributed by atoms with Gasteiger partial charge in [0.25, 0.3) is 0 Å². The van der Waals surface area contributed by atoms with Crippen molar-refractivity contribution in [2.24, 2.45) is 0 Å². The van der Waals surface area contributed by atoms with Gasteiger partial charge >= 0.3 is 0 Å². The highest BCUT2D eigenvalue weighted by Crippen LogP contribution is 2.36. The van der Waals surface area contributed by atoms with Crippen LogP contribution in [0.25, 0.3) is 22.5 Å². The number of aromatic nitrogens is 2. The molecule has 1 heterocycles. The van der Waals surface area contributed by atoms with Crippen molar-refractivity contribution in [3.05, 3.63) is 72.8 Å². The third-order valence-corrected chi connectivity index (χ3v) is 7.03. The Kier molecular flexibility index (Phi) is 8.74. The average molecular weight is 518 g/mol. The van der Waals surface area contributed by atoms with Crippen molar-refractivity contribution in [1.82, 2.24) is 9.97 Å². The molecular formula is C29H31N3O4S. The summed E-state index contributed by atoms with van der Waals surface area (Å²) in [5, 5.41) is 3.33. The van der Waals surface area contributed by atoms with E-state index in [-0.39, 0.29) is 11.2 Å². The van der Waals surface area contributed by atoms with Gasteiger partial charge in [0, 0.05) is 11.1 Å². The number of nitrogens with one attached hydrogen (secondary N) is 2. The number of rotatable bonds is 11. The van der Waals surface area contributed by atoms with E-state index < -0.39 is 0 Å². The second-order valence-corrected chi connectivity index (χ2v) is 9.35. The van der Waals surface area contributed by atoms with Gasteiger partial charge in [-0.05, 0) is 74.0 Å². The molecule has 0 aliphatic rings. The molecule has 2 N–H and O–H groups in total. The summed E-state index contributed by atoms with van der Waals surface area (Å²) in [6, 6.07) is 23.0. The van der Waals surface area contributed by atoms with Gasteiger partial charge in [-0.25, -0.2) is 4.98 Å². The number of benzene rings is 3. The number of ether oxygens (including phenoxy) is 3. The van der Waals surface area contributed by atoms with Crippen molar-refractivity contribution >= 4 is 23.4 Å². The molecule has 0 fully saturated rings. The highest BCUT2D eigenvalue weighted by Gasteiger charge is 2.23. The quantitative estimate of drug-likeness (QED) is 0.216. The Labute approximate surface area is 221 Å². The lowest BCUT2D eigenvalue weighted by Crippen LogP contribution is -2.25. The van der Waals surface area contributed by atoms with Crippen LogP contribution in [0.5, 0.6) is 17.2 Å². The minimum absolute atomic E-state index is 0.104. The van der Waals surface area contributed by atoms with E-state index in [1.54, 1.807) is 14.2 Å². The van der Waals surface area contributed by atoms with Gasteiger partial charge in [0.1, 0.15) is 17.2 Å². The lowest BCUT2D eigenvalue weighted by Gasteiger charge is -2.15. The molecule has 1 amide bonds. The van der Waals surface area contributed by atoms with Crippen molar-refractivity contribution in [3.63, 3.8) is 0 Å². The van der Waals surface area contributed by atoms with Crippen LogP contribution in [0.4, 0.5) is 5.69 Å². The third kappa shape index (κ3) is 6.27. The second kappa shape index (κ2) is 12.4. The van der Waals surface area contributed by atoms with Crippen molar-refractivity contribution in [1.29, 1.82) is 0 Å². The molecule has 3 aromatic carbocycles. The molecule has 1 unspecified atom stereocenters. The third-order valence-electron chi connectivity index (χ3n) is 5.79. The molecule has 0 saturated carbocycles. The number of carbonyl (C=O) groups is 1. The summed E-state index contributed by atoms with van der Waals surface area (Å²) in [6.07, 6.45) is 0.629. The molecule has 0 radical (unpaired) electrons. The first-order valence-electron chi connectivity index (χ1n) is 12.1. The molecular weight excluding hydrogens is 486 g/mol. The van der Waals surface area contributed by atoms with Crippen LogP contribution >= 0.6 is 11.8 Å². The van der Waals surface area contributed by atoms with E-state index in [4.69, 9.17) is 19.2 Å². The van der Waals surface area contributed by atoms with Gasteiger partial charge < -0.3 is 24.5 Å². The van der Waals surface area contributed by atoms with Crippen LogP contribution in [-0.4, -0.2) is 42.0 Å². The van der Waals surface area contributed by atoms with E-state index in [9.17, 15) is 4.79 Å². The van der Waals surface area contributed by atoms with Gasteiger partial charge in [0.05, 0.1) is 43.2 Å². The van der Waals surface area contributed by atoms with Crippen LogP contribution in [0.15, 0.2) is 78.0 Å². The van der Waals surface area contributed by atoms with Crippen molar-refractivity contribution in [2.75, 3.05) is 26.1 Å². The van der Waals surface area contributed by atoms with Crippen molar-refractivity contribution in [2.45, 2.75) is 30.7 Å². The van der Waals surface area contributed by atoms with Crippen LogP contribution in [0, 0.1) is 0 Å². The number of nitrogens with zero attached hydrogens (tertiary/aromatic N) is 1. The smallest absolute Gasteiger partial charge is 0.238 e. The fraction of sp³-hybridized carbons (Fsp3) is 0.241. The lowest BCUT2D eigenvalue weighted by molar-refractivity contribution is -0.115. The number of anilines is 1. The van der Waals surface area contributed by atoms with Crippen LogP contribution in [0.3, 0.4) is 0 Å². The zero-order valence-corrected chi connectivity index (χ0v) is 22.2. The Morgan fingerprint density at radius 1 is 0.919 bits per heavy atom. The van der Waals surface area contributed by atoms with Gasteiger partial charge in [0.2, 0.25) is 5.91 Å². The minimum Gasteiger partial charge on any atom is -0.497 e. The Hall–Kier alpha value is -3.91. The SMILES string of the molecule is CCOc1ccccc1NC(=O)C(CC)Sc1nc(-c2ccc(OC)cc2)c(-c2ccc(OC)cc2)[nH]1. The number of carbonyl (C=O) groups excluding carboxylic acids is 1. The monoisotopic (exact) mass is 517 g/mol. The molecule has 4 aromatic rings. The van der Waals surface area contributed by atoms with Gasteiger partial charge in [-0.15, -0.1) is 0 Å². The summed E-state index contributed by atoms with van der Waals surface area (Å²) < 4.78 is 16.3. The van der Waals surface area contributed by atoms with E-state index >= 15 is 0 Å². The highest BCUT2D eigenvalue weighted by molar-refractivity contribution is 8.00. The predicted octanol–water partition coefficient (Wildman–Crippen LogP) is 6.67. The number of aromatic amines is 1. The van der Waals surface area contributed by atoms with Crippen molar-refractivity contribution < 1.29 is 19.0 Å². The maximum Gasteiger partial charge on any atom is 0.238 e. The first-order chi connectivity index (χ1) is 18.1. The first kappa shape index (κ1) is 26.2. The first-order valence-corrected chi connectivity index (χ1v) is 13.0. The normalized spacial score (nSPS) is 11.6. The second-order valence-electron chi connectivity index (χ2n) is 8.16. The largest absolute Gasteiger partial charge is 0.497 e. The molecule has 192 valence electrons. The fourth-order valence-electron chi connectivity index (χ4n) is 3.85. The Morgan fingerprint density at radius 2 is 1.54 bits per heavy atom. The molecule has 7 nitrogen and oxygen atoms in total. The number of thioether (sulfide) groups is 1. The van der Waals surface area contributed by atoms with Gasteiger partial charge in [-0.3, -0.25) is 4.79 Å². The Morgan fingerprint density at radius 3 is 2.14 bits per heavy atom. The fourth-order valence-corrected chi connectivity index (χ4v) is 4.76. The standard InChI is InChI=1S/C29H31N3O4S/c1-5-25(28(33)30-23-9-7-8-10-24(23)36-6-2)37-29-31-26(19-11-15-21(34-3)16-12-19)27(32-29)20-13-17-22(35-4)18-14-20/h7-18,25H,5-6H2,1-4H3,(H,30,33)(H,31,32). The summed E-state index contributed by atoms with van der Waals surface area (Å²) >= 11 is 1.41. The molecule has 4 rings (SSSR count). The summed E-state index contributed by atoms with van der Waals surface area (Å²) in [6.45, 7) is 4.43. The van der Waals surface area contributed by atoms with E-state index in [0.29, 0.717) is 29.6 Å². The highest BCUT2D eigenvalue weighted by atomic mass is 32.2. The summed E-state index contributed by atoms with van der Waals surface area (Å²) in [7, 11) is 3.29. The molecule has 0 saturated heterocycles. The molecule has 0 bridgehead atoms.